The van der Waals surface area contributed by atoms with Crippen LogP contribution >= 0.6 is 12.4 Å². The molecule has 5 heteroatoms. The van der Waals surface area contributed by atoms with Gasteiger partial charge in [-0.1, -0.05) is 0 Å². The van der Waals surface area contributed by atoms with Gasteiger partial charge in [-0.25, -0.2) is 4.39 Å². The number of hydrogen-bond donors (Lipinski definition) is 2. The third-order valence-electron chi connectivity index (χ3n) is 2.78. The first-order valence-electron chi connectivity index (χ1n) is 4.95. The van der Waals surface area contributed by atoms with Crippen molar-refractivity contribution >= 4 is 12.4 Å². The van der Waals surface area contributed by atoms with Gasteiger partial charge in [0.25, 0.3) is 0 Å². The first-order valence-corrected chi connectivity index (χ1v) is 4.95. The molecule has 1 fully saturated rings. The van der Waals surface area contributed by atoms with Crippen LogP contribution in [0.3, 0.4) is 0 Å². The first kappa shape index (κ1) is 13.1. The van der Waals surface area contributed by atoms with Gasteiger partial charge in [0.2, 0.25) is 0 Å². The highest BCUT2D eigenvalue weighted by Gasteiger charge is 2.32. The molecule has 0 aliphatic heterocycles. The Hall–Kier alpha value is -1.00. The Balaban J connectivity index is 0.00000128. The monoisotopic (exact) mass is 247 g/mol. The summed E-state index contributed by atoms with van der Waals surface area (Å²) in [6, 6.07) is 2.13. The van der Waals surface area contributed by atoms with E-state index in [0.717, 1.165) is 18.9 Å². The highest BCUT2D eigenvalue weighted by molar-refractivity contribution is 5.85. The van der Waals surface area contributed by atoms with Crippen LogP contribution in [0.25, 0.3) is 0 Å². The lowest BCUT2D eigenvalue weighted by atomic mass is 10.0. The Bertz CT molecular complexity index is 382. The summed E-state index contributed by atoms with van der Waals surface area (Å²) in [6.07, 6.45) is 2.08. The van der Waals surface area contributed by atoms with Crippen molar-refractivity contribution in [3.63, 3.8) is 0 Å². The number of methoxy groups -OCH3 is 1. The summed E-state index contributed by atoms with van der Waals surface area (Å²) in [5.74, 6) is 0.0255. The molecule has 0 saturated heterocycles. The smallest absolute Gasteiger partial charge is 0.163 e. The molecule has 1 saturated carbocycles. The lowest BCUT2D eigenvalue weighted by Gasteiger charge is -2.14. The second-order valence-electron chi connectivity index (χ2n) is 3.91. The number of rotatable bonds is 3. The topological polar surface area (TPSA) is 55.5 Å². The van der Waals surface area contributed by atoms with Crippen molar-refractivity contribution < 1.29 is 14.2 Å². The summed E-state index contributed by atoms with van der Waals surface area (Å²) in [7, 11) is 1.39. The Morgan fingerprint density at radius 3 is 2.62 bits per heavy atom. The minimum atomic E-state index is -0.434. The van der Waals surface area contributed by atoms with Crippen molar-refractivity contribution in [2.24, 2.45) is 11.7 Å². The van der Waals surface area contributed by atoms with Crippen molar-refractivity contribution in [2.45, 2.75) is 18.9 Å². The van der Waals surface area contributed by atoms with Crippen LogP contribution in [-0.4, -0.2) is 12.2 Å². The molecule has 3 N–H and O–H groups in total. The molecule has 3 nitrogen and oxygen atoms in total. The minimum Gasteiger partial charge on any atom is -0.504 e. The molecule has 1 aliphatic rings. The number of hydrogen-bond acceptors (Lipinski definition) is 3. The maximum Gasteiger partial charge on any atom is 0.163 e. The van der Waals surface area contributed by atoms with Gasteiger partial charge in [-0.2, -0.15) is 0 Å². The number of benzene rings is 1. The van der Waals surface area contributed by atoms with Gasteiger partial charge in [0, 0.05) is 17.7 Å². The molecule has 1 aromatic rings. The van der Waals surface area contributed by atoms with Crippen LogP contribution in [0.4, 0.5) is 4.39 Å². The number of halogens is 2. The van der Waals surface area contributed by atoms with Gasteiger partial charge in [-0.15, -0.1) is 12.4 Å². The fourth-order valence-electron chi connectivity index (χ4n) is 1.71. The van der Waals surface area contributed by atoms with Crippen molar-refractivity contribution in [3.8, 4) is 11.5 Å². The molecule has 0 amide bonds. The maximum atomic E-state index is 13.2. The minimum absolute atomic E-state index is 0. The van der Waals surface area contributed by atoms with Gasteiger partial charge in [-0.3, -0.25) is 0 Å². The third kappa shape index (κ3) is 2.39. The molecular weight excluding hydrogens is 233 g/mol. The average molecular weight is 248 g/mol. The second kappa shape index (κ2) is 4.89. The van der Waals surface area contributed by atoms with Gasteiger partial charge in [-0.05, 0) is 24.8 Å². The van der Waals surface area contributed by atoms with E-state index in [0.29, 0.717) is 11.5 Å². The normalized spacial score (nSPS) is 16.4. The Kier molecular flexibility index (Phi) is 3.99. The molecule has 0 heterocycles. The number of nitrogens with two attached hydrogens (primary N) is 1. The molecule has 1 aliphatic carbocycles. The van der Waals surface area contributed by atoms with E-state index in [9.17, 15) is 9.50 Å². The summed E-state index contributed by atoms with van der Waals surface area (Å²) in [4.78, 5) is 0. The van der Waals surface area contributed by atoms with Crippen molar-refractivity contribution in [2.75, 3.05) is 7.11 Å². The van der Waals surface area contributed by atoms with E-state index in [-0.39, 0.29) is 29.9 Å². The van der Waals surface area contributed by atoms with Gasteiger partial charge >= 0.3 is 0 Å². The zero-order chi connectivity index (χ0) is 11.0. The summed E-state index contributed by atoms with van der Waals surface area (Å²) in [6.45, 7) is 0. The molecule has 0 bridgehead atoms. The lowest BCUT2D eigenvalue weighted by molar-refractivity contribution is 0.363. The van der Waals surface area contributed by atoms with Crippen LogP contribution in [0.5, 0.6) is 11.5 Å². The predicted molar refractivity (Wildman–Crippen MR) is 61.5 cm³/mol. The van der Waals surface area contributed by atoms with Gasteiger partial charge < -0.3 is 15.6 Å². The van der Waals surface area contributed by atoms with Gasteiger partial charge in [0.05, 0.1) is 7.11 Å². The fourth-order valence-corrected chi connectivity index (χ4v) is 1.71. The van der Waals surface area contributed by atoms with Crippen LogP contribution in [0.2, 0.25) is 0 Å². The quantitative estimate of drug-likeness (QED) is 0.862. The summed E-state index contributed by atoms with van der Waals surface area (Å²) in [5, 5.41) is 9.79. The molecule has 1 atom stereocenters. The fraction of sp³-hybridized carbons (Fsp3) is 0.455. The zero-order valence-electron chi connectivity index (χ0n) is 8.94. The number of ether oxygens (including phenoxy) is 1. The molecule has 0 aromatic heterocycles. The van der Waals surface area contributed by atoms with Crippen LogP contribution < -0.4 is 10.5 Å². The summed E-state index contributed by atoms with van der Waals surface area (Å²) < 4.78 is 18.1. The number of aromatic hydroxyl groups is 1. The van der Waals surface area contributed by atoms with E-state index in [1.54, 1.807) is 0 Å². The van der Waals surface area contributed by atoms with Gasteiger partial charge in [0.15, 0.2) is 11.5 Å². The van der Waals surface area contributed by atoms with E-state index in [1.165, 1.54) is 13.2 Å². The Morgan fingerprint density at radius 1 is 1.50 bits per heavy atom. The first-order chi connectivity index (χ1) is 7.13. The molecule has 0 unspecified atom stereocenters. The van der Waals surface area contributed by atoms with E-state index < -0.39 is 5.82 Å². The summed E-state index contributed by atoms with van der Waals surface area (Å²) >= 11 is 0. The van der Waals surface area contributed by atoms with Gasteiger partial charge in [0.1, 0.15) is 5.82 Å². The summed E-state index contributed by atoms with van der Waals surface area (Å²) in [5.41, 5.74) is 6.35. The number of phenols is 1. The molecule has 1 aromatic carbocycles. The van der Waals surface area contributed by atoms with Crippen LogP contribution in [0.15, 0.2) is 12.1 Å². The van der Waals surface area contributed by atoms with E-state index in [2.05, 4.69) is 0 Å². The van der Waals surface area contributed by atoms with Crippen LogP contribution in [0, 0.1) is 11.7 Å². The van der Waals surface area contributed by atoms with Crippen molar-refractivity contribution in [1.29, 1.82) is 0 Å². The Labute approximate surface area is 99.8 Å². The predicted octanol–water partition coefficient (Wildman–Crippen LogP) is 2.37. The van der Waals surface area contributed by atoms with E-state index in [4.69, 9.17) is 10.5 Å². The molecule has 90 valence electrons. The highest BCUT2D eigenvalue weighted by atomic mass is 35.5. The molecule has 2 rings (SSSR count). The maximum absolute atomic E-state index is 13.2. The highest BCUT2D eigenvalue weighted by Crippen LogP contribution is 2.44. The number of phenolic OH excluding ortho intramolecular Hbond substituents is 1. The SMILES string of the molecule is COc1cc(F)cc([C@@H](N)C2CC2)c1O.Cl. The third-order valence-corrected chi connectivity index (χ3v) is 2.78. The molecule has 0 radical (unpaired) electrons. The Morgan fingerprint density at radius 2 is 2.12 bits per heavy atom. The van der Waals surface area contributed by atoms with E-state index >= 15 is 0 Å². The zero-order valence-corrected chi connectivity index (χ0v) is 9.76. The average Bonchev–Trinajstić information content (AvgIpc) is 3.03. The lowest BCUT2D eigenvalue weighted by Crippen LogP contribution is -2.13. The van der Waals surface area contributed by atoms with Crippen LogP contribution in [0.1, 0.15) is 24.4 Å². The van der Waals surface area contributed by atoms with Crippen molar-refractivity contribution in [3.05, 3.63) is 23.5 Å². The molecule has 0 spiro atoms. The van der Waals surface area contributed by atoms with Crippen molar-refractivity contribution in [1.82, 2.24) is 0 Å². The largest absolute Gasteiger partial charge is 0.504 e. The second-order valence-corrected chi connectivity index (χ2v) is 3.91. The van der Waals surface area contributed by atoms with E-state index in [1.807, 2.05) is 0 Å². The standard InChI is InChI=1S/C11H14FNO2.ClH/c1-15-9-5-7(12)4-8(11(9)14)10(13)6-2-3-6;/h4-6,10,14H,2-3,13H2,1H3;1H/t10-;/m0./s1. The molecule has 16 heavy (non-hydrogen) atoms. The van der Waals surface area contributed by atoms with Crippen LogP contribution in [-0.2, 0) is 0 Å². The molecular formula is C11H15ClFNO2.